The third kappa shape index (κ3) is 2.77. The number of fused-ring (bicyclic) bond motifs is 1. The van der Waals surface area contributed by atoms with E-state index in [2.05, 4.69) is 20.6 Å². The van der Waals surface area contributed by atoms with E-state index in [1.165, 1.54) is 12.8 Å². The molecule has 1 saturated heterocycles. The number of benzene rings is 1. The van der Waals surface area contributed by atoms with Gasteiger partial charge in [0.1, 0.15) is 5.52 Å². The molecule has 20 heavy (non-hydrogen) atoms. The molecule has 2 aromatic rings. The molecular formula is C15H18N4O. The summed E-state index contributed by atoms with van der Waals surface area (Å²) in [5.74, 6) is -0.0749. The molecule has 104 valence electrons. The number of hydrogen-bond acceptors (Lipinski definition) is 4. The number of hydrogen-bond donors (Lipinski definition) is 2. The summed E-state index contributed by atoms with van der Waals surface area (Å²) in [5.41, 5.74) is 2.00. The average molecular weight is 270 g/mol. The van der Waals surface area contributed by atoms with Crippen molar-refractivity contribution in [1.82, 2.24) is 20.6 Å². The highest BCUT2D eigenvalue weighted by Crippen LogP contribution is 2.13. The highest BCUT2D eigenvalue weighted by molar-refractivity contribution is 6.04. The van der Waals surface area contributed by atoms with E-state index in [1.807, 2.05) is 12.1 Å². The largest absolute Gasteiger partial charge is 0.352 e. The van der Waals surface area contributed by atoms with Crippen molar-refractivity contribution in [3.8, 4) is 0 Å². The number of aromatic nitrogens is 2. The Morgan fingerprint density at radius 1 is 1.35 bits per heavy atom. The molecule has 0 aliphatic carbocycles. The molecule has 1 aromatic heterocycles. The van der Waals surface area contributed by atoms with Crippen LogP contribution in [0.1, 0.15) is 29.6 Å². The van der Waals surface area contributed by atoms with Crippen LogP contribution in [0.4, 0.5) is 0 Å². The van der Waals surface area contributed by atoms with Gasteiger partial charge in [-0.2, -0.15) is 0 Å². The molecule has 0 bridgehead atoms. The normalized spacial score (nSPS) is 18.3. The van der Waals surface area contributed by atoms with Gasteiger partial charge >= 0.3 is 0 Å². The number of nitrogens with zero attached hydrogens (tertiary/aromatic N) is 2. The lowest BCUT2D eigenvalue weighted by Crippen LogP contribution is -2.30. The molecule has 1 aliphatic heterocycles. The SMILES string of the molecule is O=C(NCC[C@@H]1CCCN1)c1cccc2nccnc12. The van der Waals surface area contributed by atoms with Crippen molar-refractivity contribution in [3.05, 3.63) is 36.2 Å². The molecule has 5 nitrogen and oxygen atoms in total. The van der Waals surface area contributed by atoms with Crippen LogP contribution in [0.25, 0.3) is 11.0 Å². The lowest BCUT2D eigenvalue weighted by molar-refractivity contribution is 0.0954. The second kappa shape index (κ2) is 5.96. The molecule has 0 unspecified atom stereocenters. The van der Waals surface area contributed by atoms with Crippen molar-refractivity contribution in [2.75, 3.05) is 13.1 Å². The van der Waals surface area contributed by atoms with Crippen molar-refractivity contribution in [2.24, 2.45) is 0 Å². The van der Waals surface area contributed by atoms with Crippen LogP contribution in [-0.4, -0.2) is 35.0 Å². The highest BCUT2D eigenvalue weighted by Gasteiger charge is 2.15. The van der Waals surface area contributed by atoms with Crippen LogP contribution < -0.4 is 10.6 Å². The zero-order valence-corrected chi connectivity index (χ0v) is 11.3. The van der Waals surface area contributed by atoms with Crippen LogP contribution in [0.3, 0.4) is 0 Å². The first-order chi connectivity index (χ1) is 9.84. The van der Waals surface area contributed by atoms with E-state index in [0.29, 0.717) is 23.7 Å². The molecule has 1 aromatic carbocycles. The van der Waals surface area contributed by atoms with Gasteiger partial charge in [0.05, 0.1) is 11.1 Å². The predicted molar refractivity (Wildman–Crippen MR) is 77.5 cm³/mol. The van der Waals surface area contributed by atoms with E-state index in [-0.39, 0.29) is 5.91 Å². The molecule has 3 rings (SSSR count). The third-order valence-electron chi connectivity index (χ3n) is 3.68. The number of carbonyl (C=O) groups excluding carboxylic acids is 1. The van der Waals surface area contributed by atoms with Gasteiger partial charge < -0.3 is 10.6 Å². The summed E-state index contributed by atoms with van der Waals surface area (Å²) >= 11 is 0. The Morgan fingerprint density at radius 3 is 3.10 bits per heavy atom. The van der Waals surface area contributed by atoms with E-state index < -0.39 is 0 Å². The zero-order chi connectivity index (χ0) is 13.8. The smallest absolute Gasteiger partial charge is 0.253 e. The number of carbonyl (C=O) groups is 1. The van der Waals surface area contributed by atoms with Gasteiger partial charge in [0.15, 0.2) is 0 Å². The van der Waals surface area contributed by atoms with Crippen molar-refractivity contribution in [3.63, 3.8) is 0 Å². The second-order valence-corrected chi connectivity index (χ2v) is 5.07. The average Bonchev–Trinajstić information content (AvgIpc) is 3.00. The van der Waals surface area contributed by atoms with Crippen molar-refractivity contribution >= 4 is 16.9 Å². The maximum Gasteiger partial charge on any atom is 0.253 e. The summed E-state index contributed by atoms with van der Waals surface area (Å²) in [4.78, 5) is 20.7. The van der Waals surface area contributed by atoms with Crippen molar-refractivity contribution in [2.45, 2.75) is 25.3 Å². The van der Waals surface area contributed by atoms with Gasteiger partial charge in [-0.1, -0.05) is 6.07 Å². The van der Waals surface area contributed by atoms with E-state index in [1.54, 1.807) is 18.5 Å². The quantitative estimate of drug-likeness (QED) is 0.883. The van der Waals surface area contributed by atoms with Gasteiger partial charge in [-0.15, -0.1) is 0 Å². The van der Waals surface area contributed by atoms with E-state index in [0.717, 1.165) is 18.5 Å². The Labute approximate surface area is 117 Å². The fourth-order valence-corrected chi connectivity index (χ4v) is 2.63. The van der Waals surface area contributed by atoms with Gasteiger partial charge in [0, 0.05) is 25.0 Å². The number of amides is 1. The number of para-hydroxylation sites is 1. The first-order valence-electron chi connectivity index (χ1n) is 7.06. The highest BCUT2D eigenvalue weighted by atomic mass is 16.1. The molecule has 2 heterocycles. The van der Waals surface area contributed by atoms with Crippen molar-refractivity contribution < 1.29 is 4.79 Å². The zero-order valence-electron chi connectivity index (χ0n) is 11.3. The summed E-state index contributed by atoms with van der Waals surface area (Å²) in [6, 6.07) is 6.04. The number of rotatable bonds is 4. The molecular weight excluding hydrogens is 252 g/mol. The van der Waals surface area contributed by atoms with Crippen LogP contribution in [-0.2, 0) is 0 Å². The van der Waals surface area contributed by atoms with Crippen LogP contribution >= 0.6 is 0 Å². The molecule has 0 saturated carbocycles. The predicted octanol–water partition coefficient (Wildman–Crippen LogP) is 1.50. The molecule has 5 heteroatoms. The first-order valence-corrected chi connectivity index (χ1v) is 7.06. The lowest BCUT2D eigenvalue weighted by atomic mass is 10.1. The lowest BCUT2D eigenvalue weighted by Gasteiger charge is -2.11. The molecule has 1 amide bonds. The minimum absolute atomic E-state index is 0.0749. The standard InChI is InChI=1S/C15H18N4O/c20-15(19-8-6-11-3-2-7-16-11)12-4-1-5-13-14(12)18-10-9-17-13/h1,4-5,9-11,16H,2-3,6-8H2,(H,19,20)/t11-/m0/s1. The summed E-state index contributed by atoms with van der Waals surface area (Å²) in [6.07, 6.45) is 6.66. The van der Waals surface area contributed by atoms with E-state index >= 15 is 0 Å². The van der Waals surface area contributed by atoms with Gasteiger partial charge in [0.2, 0.25) is 0 Å². The fraction of sp³-hybridized carbons (Fsp3) is 0.400. The Kier molecular flexibility index (Phi) is 3.87. The minimum Gasteiger partial charge on any atom is -0.352 e. The minimum atomic E-state index is -0.0749. The molecule has 1 fully saturated rings. The Bertz CT molecular complexity index is 602. The van der Waals surface area contributed by atoms with E-state index in [4.69, 9.17) is 0 Å². The van der Waals surface area contributed by atoms with Gasteiger partial charge in [-0.05, 0) is 37.9 Å². The third-order valence-corrected chi connectivity index (χ3v) is 3.68. The Hall–Kier alpha value is -2.01. The fourth-order valence-electron chi connectivity index (χ4n) is 2.63. The summed E-state index contributed by atoms with van der Waals surface area (Å²) < 4.78 is 0. The first kappa shape index (κ1) is 13.0. The molecule has 1 atom stereocenters. The Balaban J connectivity index is 1.66. The maximum absolute atomic E-state index is 12.2. The molecule has 0 spiro atoms. The maximum atomic E-state index is 12.2. The van der Waals surface area contributed by atoms with Gasteiger partial charge in [-0.25, -0.2) is 0 Å². The van der Waals surface area contributed by atoms with E-state index in [9.17, 15) is 4.79 Å². The second-order valence-electron chi connectivity index (χ2n) is 5.07. The van der Waals surface area contributed by atoms with Crippen LogP contribution in [0.2, 0.25) is 0 Å². The number of nitrogens with one attached hydrogen (secondary N) is 2. The molecule has 0 radical (unpaired) electrons. The molecule has 1 aliphatic rings. The molecule has 2 N–H and O–H groups in total. The summed E-state index contributed by atoms with van der Waals surface area (Å²) in [5, 5.41) is 6.40. The topological polar surface area (TPSA) is 66.9 Å². The van der Waals surface area contributed by atoms with Gasteiger partial charge in [0.25, 0.3) is 5.91 Å². The summed E-state index contributed by atoms with van der Waals surface area (Å²) in [6.45, 7) is 1.78. The van der Waals surface area contributed by atoms with Gasteiger partial charge in [-0.3, -0.25) is 14.8 Å². The Morgan fingerprint density at radius 2 is 2.25 bits per heavy atom. The van der Waals surface area contributed by atoms with Crippen LogP contribution in [0, 0.1) is 0 Å². The van der Waals surface area contributed by atoms with Crippen LogP contribution in [0.5, 0.6) is 0 Å². The summed E-state index contributed by atoms with van der Waals surface area (Å²) in [7, 11) is 0. The van der Waals surface area contributed by atoms with Crippen molar-refractivity contribution in [1.29, 1.82) is 0 Å². The monoisotopic (exact) mass is 270 g/mol. The van der Waals surface area contributed by atoms with Crippen LogP contribution in [0.15, 0.2) is 30.6 Å².